The minimum absolute atomic E-state index is 0.0762. The van der Waals surface area contributed by atoms with Crippen LogP contribution in [0.4, 0.5) is 10.5 Å². The Labute approximate surface area is 223 Å². The van der Waals surface area contributed by atoms with E-state index in [1.54, 1.807) is 13.2 Å². The van der Waals surface area contributed by atoms with Crippen molar-refractivity contribution in [1.29, 1.82) is 0 Å². The van der Waals surface area contributed by atoms with Gasteiger partial charge in [-0.1, -0.05) is 48.5 Å². The number of carbonyl (C=O) groups excluding carboxylic acids is 2. The fourth-order valence-electron chi connectivity index (χ4n) is 4.20. The van der Waals surface area contributed by atoms with Crippen LogP contribution in [-0.2, 0) is 24.2 Å². The van der Waals surface area contributed by atoms with Gasteiger partial charge in [0.15, 0.2) is 0 Å². The minimum Gasteiger partial charge on any atom is -0.506 e. The number of primary amides is 1. The molecule has 1 atom stereocenters. The number of aliphatic hydroxyl groups excluding tert-OH is 1. The Morgan fingerprint density at radius 2 is 1.76 bits per heavy atom. The molecule has 0 radical (unpaired) electrons. The summed E-state index contributed by atoms with van der Waals surface area (Å²) >= 11 is 0. The normalized spacial score (nSPS) is 12.0. The molecule has 38 heavy (non-hydrogen) atoms. The summed E-state index contributed by atoms with van der Waals surface area (Å²) in [6.45, 7) is 4.70. The fourth-order valence-corrected chi connectivity index (χ4v) is 4.20. The predicted molar refractivity (Wildman–Crippen MR) is 147 cm³/mol. The molecule has 0 bridgehead atoms. The van der Waals surface area contributed by atoms with E-state index < -0.39 is 12.1 Å². The van der Waals surface area contributed by atoms with Crippen LogP contribution in [0.15, 0.2) is 66.7 Å². The second-order valence-electron chi connectivity index (χ2n) is 9.81. The second kappa shape index (κ2) is 12.9. The summed E-state index contributed by atoms with van der Waals surface area (Å²) < 4.78 is 5.34. The summed E-state index contributed by atoms with van der Waals surface area (Å²) in [5.41, 5.74) is 8.32. The molecule has 7 N–H and O–H groups in total. The molecule has 0 saturated carbocycles. The third-order valence-corrected chi connectivity index (χ3v) is 6.11. The van der Waals surface area contributed by atoms with Crippen LogP contribution in [0, 0.1) is 0 Å². The van der Waals surface area contributed by atoms with Gasteiger partial charge in [0.05, 0.1) is 25.3 Å². The van der Waals surface area contributed by atoms with Gasteiger partial charge in [0.2, 0.25) is 5.91 Å². The molecule has 0 aliphatic heterocycles. The average molecular weight is 521 g/mol. The number of phenols is 1. The molecule has 0 saturated heterocycles. The highest BCUT2D eigenvalue weighted by molar-refractivity contribution is 5.89. The first-order chi connectivity index (χ1) is 18.1. The molecule has 0 aliphatic carbocycles. The number of aliphatic hydroxyl groups is 1. The zero-order valence-corrected chi connectivity index (χ0v) is 22.0. The predicted octanol–water partition coefficient (Wildman–Crippen LogP) is 3.39. The Kier molecular flexibility index (Phi) is 9.70. The number of rotatable bonds is 12. The standard InChI is InChI=1S/C29H36N4O5/c1-29(2,32-18-25(35)21-11-12-24(34)23(15-21)33-28(30)37)16-20-8-6-7-19(13-20)14-27(36)31-17-22-9-4-5-10-26(22)38-3/h4-13,15,25,32,34-35H,14,16-18H2,1-3H3,(H,31,36)(H3,30,33,37)/t25-/m0/s1. The van der Waals surface area contributed by atoms with Crippen molar-refractivity contribution >= 4 is 17.6 Å². The van der Waals surface area contributed by atoms with Gasteiger partial charge < -0.3 is 36.6 Å². The van der Waals surface area contributed by atoms with E-state index in [1.165, 1.54) is 12.1 Å². The number of nitrogens with two attached hydrogens (primary N) is 1. The van der Waals surface area contributed by atoms with Crippen molar-refractivity contribution in [1.82, 2.24) is 10.6 Å². The lowest BCUT2D eigenvalue weighted by molar-refractivity contribution is -0.120. The van der Waals surface area contributed by atoms with Crippen LogP contribution < -0.4 is 26.4 Å². The van der Waals surface area contributed by atoms with Crippen molar-refractivity contribution < 1.29 is 24.5 Å². The summed E-state index contributed by atoms with van der Waals surface area (Å²) in [6.07, 6.45) is 0.0556. The van der Waals surface area contributed by atoms with E-state index in [0.717, 1.165) is 22.4 Å². The lowest BCUT2D eigenvalue weighted by Crippen LogP contribution is -2.43. The first kappa shape index (κ1) is 28.5. The summed E-state index contributed by atoms with van der Waals surface area (Å²) in [7, 11) is 1.61. The molecule has 3 aromatic rings. The maximum absolute atomic E-state index is 12.6. The summed E-state index contributed by atoms with van der Waals surface area (Å²) in [5, 5.41) is 29.2. The van der Waals surface area contributed by atoms with Crippen molar-refractivity contribution in [2.45, 2.75) is 44.9 Å². The quantitative estimate of drug-likeness (QED) is 0.202. The Morgan fingerprint density at radius 3 is 2.50 bits per heavy atom. The maximum Gasteiger partial charge on any atom is 0.316 e. The second-order valence-corrected chi connectivity index (χ2v) is 9.81. The zero-order chi connectivity index (χ0) is 27.7. The molecular weight excluding hydrogens is 484 g/mol. The third kappa shape index (κ3) is 8.50. The van der Waals surface area contributed by atoms with E-state index in [9.17, 15) is 19.8 Å². The van der Waals surface area contributed by atoms with Crippen LogP contribution in [0.3, 0.4) is 0 Å². The molecule has 3 aromatic carbocycles. The smallest absolute Gasteiger partial charge is 0.316 e. The number of hydrogen-bond acceptors (Lipinski definition) is 6. The van der Waals surface area contributed by atoms with Crippen LogP contribution >= 0.6 is 0 Å². The Balaban J connectivity index is 1.54. The van der Waals surface area contributed by atoms with Gasteiger partial charge in [-0.2, -0.15) is 0 Å². The number of β-amino-alcohol motifs (C(OH)–C–C–N with tert-alkyl or cyclic N) is 1. The summed E-state index contributed by atoms with van der Waals surface area (Å²) in [6, 6.07) is 19.1. The fraction of sp³-hybridized carbons (Fsp3) is 0.310. The number of aromatic hydroxyl groups is 1. The van der Waals surface area contributed by atoms with E-state index in [2.05, 4.69) is 16.0 Å². The number of methoxy groups -OCH3 is 1. The molecule has 0 spiro atoms. The zero-order valence-electron chi connectivity index (χ0n) is 22.0. The molecule has 202 valence electrons. The van der Waals surface area contributed by atoms with E-state index in [1.807, 2.05) is 62.4 Å². The number of benzene rings is 3. The van der Waals surface area contributed by atoms with Crippen molar-refractivity contribution in [3.05, 3.63) is 89.0 Å². The van der Waals surface area contributed by atoms with E-state index in [-0.39, 0.29) is 35.8 Å². The highest BCUT2D eigenvalue weighted by Gasteiger charge is 2.21. The van der Waals surface area contributed by atoms with Gasteiger partial charge in [-0.05, 0) is 55.2 Å². The highest BCUT2D eigenvalue weighted by atomic mass is 16.5. The molecule has 0 unspecified atom stereocenters. The first-order valence-electron chi connectivity index (χ1n) is 12.3. The lowest BCUT2D eigenvalue weighted by Gasteiger charge is -2.28. The van der Waals surface area contributed by atoms with Crippen molar-refractivity contribution in [2.75, 3.05) is 19.0 Å². The molecule has 0 heterocycles. The number of phenolic OH excluding ortho intramolecular Hbond substituents is 1. The molecule has 3 amide bonds. The number of ether oxygens (including phenoxy) is 1. The Bertz CT molecular complexity index is 1260. The van der Waals surface area contributed by atoms with E-state index in [0.29, 0.717) is 18.5 Å². The average Bonchev–Trinajstić information content (AvgIpc) is 2.87. The Hall–Kier alpha value is -4.08. The molecule has 9 heteroatoms. The molecular formula is C29H36N4O5. The van der Waals surface area contributed by atoms with Crippen LogP contribution in [-0.4, -0.2) is 41.3 Å². The summed E-state index contributed by atoms with van der Waals surface area (Å²) in [5.74, 6) is 0.525. The molecule has 9 nitrogen and oxygen atoms in total. The van der Waals surface area contributed by atoms with Crippen LogP contribution in [0.5, 0.6) is 11.5 Å². The molecule has 0 aliphatic rings. The van der Waals surface area contributed by atoms with Crippen LogP contribution in [0.25, 0.3) is 0 Å². The van der Waals surface area contributed by atoms with E-state index >= 15 is 0 Å². The third-order valence-electron chi connectivity index (χ3n) is 6.11. The molecule has 3 rings (SSSR count). The molecule has 0 aromatic heterocycles. The van der Waals surface area contributed by atoms with Crippen molar-refractivity contribution in [3.63, 3.8) is 0 Å². The van der Waals surface area contributed by atoms with Gasteiger partial charge in [0.1, 0.15) is 11.5 Å². The van der Waals surface area contributed by atoms with Gasteiger partial charge in [-0.15, -0.1) is 0 Å². The largest absolute Gasteiger partial charge is 0.506 e. The first-order valence-corrected chi connectivity index (χ1v) is 12.3. The topological polar surface area (TPSA) is 146 Å². The van der Waals surface area contributed by atoms with Gasteiger partial charge in [0, 0.05) is 24.2 Å². The number of anilines is 1. The van der Waals surface area contributed by atoms with Crippen LogP contribution in [0.1, 0.15) is 42.2 Å². The van der Waals surface area contributed by atoms with Gasteiger partial charge in [-0.25, -0.2) is 4.79 Å². The summed E-state index contributed by atoms with van der Waals surface area (Å²) in [4.78, 5) is 23.7. The van der Waals surface area contributed by atoms with Crippen LogP contribution in [0.2, 0.25) is 0 Å². The number of nitrogens with one attached hydrogen (secondary N) is 3. The number of para-hydroxylation sites is 1. The van der Waals surface area contributed by atoms with Gasteiger partial charge in [-0.3, -0.25) is 4.79 Å². The number of urea groups is 1. The van der Waals surface area contributed by atoms with Crippen molar-refractivity contribution in [3.8, 4) is 11.5 Å². The molecule has 0 fully saturated rings. The number of carbonyl (C=O) groups is 2. The highest BCUT2D eigenvalue weighted by Crippen LogP contribution is 2.27. The number of amides is 3. The van der Waals surface area contributed by atoms with Gasteiger partial charge in [0.25, 0.3) is 0 Å². The number of hydrogen-bond donors (Lipinski definition) is 6. The maximum atomic E-state index is 12.6. The van der Waals surface area contributed by atoms with Gasteiger partial charge >= 0.3 is 6.03 Å². The van der Waals surface area contributed by atoms with Crippen molar-refractivity contribution in [2.24, 2.45) is 5.73 Å². The van der Waals surface area contributed by atoms with E-state index in [4.69, 9.17) is 10.5 Å². The minimum atomic E-state index is -0.874. The Morgan fingerprint density at radius 1 is 1.03 bits per heavy atom. The SMILES string of the molecule is COc1ccccc1CNC(=O)Cc1cccc(CC(C)(C)NC[C@H](O)c2ccc(O)c(NC(N)=O)c2)c1. The monoisotopic (exact) mass is 520 g/mol. The lowest BCUT2D eigenvalue weighted by atomic mass is 9.93.